The standard InChI is InChI=1S/C12H19N5O/c1-9-6-10(2-3-13-9)12(18)16-4-5-17-8-14-15-11(17)7-16/h8-10,13H,2-7H2,1H3. The minimum atomic E-state index is 0.177. The molecule has 0 aromatic carbocycles. The molecular formula is C12H19N5O. The maximum Gasteiger partial charge on any atom is 0.226 e. The Morgan fingerprint density at radius 2 is 2.39 bits per heavy atom. The van der Waals surface area contributed by atoms with Crippen molar-refractivity contribution >= 4 is 5.91 Å². The molecule has 0 aliphatic carbocycles. The highest BCUT2D eigenvalue weighted by atomic mass is 16.2. The summed E-state index contributed by atoms with van der Waals surface area (Å²) in [6.45, 7) is 5.29. The predicted octanol–water partition coefficient (Wildman–Crippen LogP) is 0.00840. The van der Waals surface area contributed by atoms with E-state index in [2.05, 4.69) is 22.4 Å². The van der Waals surface area contributed by atoms with Gasteiger partial charge < -0.3 is 14.8 Å². The van der Waals surface area contributed by atoms with Gasteiger partial charge in [-0.3, -0.25) is 4.79 Å². The van der Waals surface area contributed by atoms with Gasteiger partial charge in [0.1, 0.15) is 6.33 Å². The molecule has 2 unspecified atom stereocenters. The van der Waals surface area contributed by atoms with Crippen LogP contribution in [0.3, 0.4) is 0 Å². The average molecular weight is 249 g/mol. The highest BCUT2D eigenvalue weighted by Gasteiger charge is 2.30. The summed E-state index contributed by atoms with van der Waals surface area (Å²) in [5, 5.41) is 11.3. The largest absolute Gasteiger partial charge is 0.333 e. The van der Waals surface area contributed by atoms with Gasteiger partial charge in [-0.1, -0.05) is 0 Å². The Kier molecular flexibility index (Phi) is 3.03. The Balaban J connectivity index is 1.67. The molecule has 18 heavy (non-hydrogen) atoms. The first kappa shape index (κ1) is 11.6. The summed E-state index contributed by atoms with van der Waals surface area (Å²) in [5.74, 6) is 1.37. The van der Waals surface area contributed by atoms with Gasteiger partial charge >= 0.3 is 0 Å². The zero-order valence-corrected chi connectivity index (χ0v) is 10.7. The molecular weight excluding hydrogens is 230 g/mol. The Morgan fingerprint density at radius 3 is 3.22 bits per heavy atom. The molecule has 6 nitrogen and oxygen atoms in total. The first-order valence-corrected chi connectivity index (χ1v) is 6.63. The summed E-state index contributed by atoms with van der Waals surface area (Å²) in [7, 11) is 0. The number of piperidine rings is 1. The van der Waals surface area contributed by atoms with Crippen LogP contribution in [0, 0.1) is 5.92 Å². The molecule has 1 fully saturated rings. The molecule has 3 rings (SSSR count). The van der Waals surface area contributed by atoms with Crippen LogP contribution in [-0.4, -0.2) is 44.7 Å². The van der Waals surface area contributed by atoms with Crippen LogP contribution in [0.15, 0.2) is 6.33 Å². The normalized spacial score (nSPS) is 27.9. The number of nitrogens with zero attached hydrogens (tertiary/aromatic N) is 4. The van der Waals surface area contributed by atoms with E-state index in [0.29, 0.717) is 12.6 Å². The highest BCUT2D eigenvalue weighted by molar-refractivity contribution is 5.79. The van der Waals surface area contributed by atoms with Gasteiger partial charge in [0.25, 0.3) is 0 Å². The smallest absolute Gasteiger partial charge is 0.226 e. The Labute approximate surface area is 106 Å². The average Bonchev–Trinajstić information content (AvgIpc) is 2.85. The molecule has 6 heteroatoms. The molecule has 0 spiro atoms. The van der Waals surface area contributed by atoms with Crippen molar-refractivity contribution < 1.29 is 4.79 Å². The maximum absolute atomic E-state index is 12.5. The fraction of sp³-hybridized carbons (Fsp3) is 0.750. The van der Waals surface area contributed by atoms with Gasteiger partial charge in [0.05, 0.1) is 6.54 Å². The van der Waals surface area contributed by atoms with Gasteiger partial charge in [0.2, 0.25) is 5.91 Å². The van der Waals surface area contributed by atoms with Crippen molar-refractivity contribution in [1.82, 2.24) is 25.0 Å². The second-order valence-corrected chi connectivity index (χ2v) is 5.28. The second-order valence-electron chi connectivity index (χ2n) is 5.28. The number of fused-ring (bicyclic) bond motifs is 1. The molecule has 1 aromatic heterocycles. The van der Waals surface area contributed by atoms with Gasteiger partial charge in [0.15, 0.2) is 5.82 Å². The van der Waals surface area contributed by atoms with Gasteiger partial charge in [-0.05, 0) is 26.3 Å². The number of amides is 1. The lowest BCUT2D eigenvalue weighted by Gasteiger charge is -2.33. The van der Waals surface area contributed by atoms with E-state index in [4.69, 9.17) is 0 Å². The lowest BCUT2D eigenvalue weighted by Crippen LogP contribution is -2.46. The predicted molar refractivity (Wildman–Crippen MR) is 65.6 cm³/mol. The number of hydrogen-bond acceptors (Lipinski definition) is 4. The fourth-order valence-electron chi connectivity index (χ4n) is 2.87. The zero-order chi connectivity index (χ0) is 12.5. The van der Waals surface area contributed by atoms with Crippen molar-refractivity contribution in [2.75, 3.05) is 13.1 Å². The first-order valence-electron chi connectivity index (χ1n) is 6.63. The third-order valence-electron chi connectivity index (χ3n) is 3.92. The fourth-order valence-corrected chi connectivity index (χ4v) is 2.87. The van der Waals surface area contributed by atoms with Crippen molar-refractivity contribution in [2.24, 2.45) is 5.92 Å². The minimum absolute atomic E-state index is 0.177. The summed E-state index contributed by atoms with van der Waals surface area (Å²) in [6, 6.07) is 0.446. The maximum atomic E-state index is 12.5. The molecule has 2 aliphatic rings. The lowest BCUT2D eigenvalue weighted by atomic mass is 9.92. The number of carbonyl (C=O) groups is 1. The summed E-state index contributed by atoms with van der Waals surface area (Å²) < 4.78 is 2.02. The number of nitrogens with one attached hydrogen (secondary N) is 1. The van der Waals surface area contributed by atoms with Crippen LogP contribution in [0.4, 0.5) is 0 Å². The third kappa shape index (κ3) is 2.12. The lowest BCUT2D eigenvalue weighted by molar-refractivity contribution is -0.138. The minimum Gasteiger partial charge on any atom is -0.333 e. The molecule has 1 saturated heterocycles. The van der Waals surface area contributed by atoms with Crippen molar-refractivity contribution in [2.45, 2.75) is 38.9 Å². The molecule has 2 aliphatic heterocycles. The number of rotatable bonds is 1. The van der Waals surface area contributed by atoms with Crippen molar-refractivity contribution in [3.63, 3.8) is 0 Å². The molecule has 0 bridgehead atoms. The second kappa shape index (κ2) is 4.68. The summed E-state index contributed by atoms with van der Waals surface area (Å²) in [4.78, 5) is 14.4. The van der Waals surface area contributed by atoms with Gasteiger partial charge in [-0.25, -0.2) is 0 Å². The summed E-state index contributed by atoms with van der Waals surface area (Å²) >= 11 is 0. The van der Waals surface area contributed by atoms with Crippen LogP contribution in [0.1, 0.15) is 25.6 Å². The zero-order valence-electron chi connectivity index (χ0n) is 10.7. The first-order chi connectivity index (χ1) is 8.74. The van der Waals surface area contributed by atoms with Crippen LogP contribution in [-0.2, 0) is 17.9 Å². The molecule has 98 valence electrons. The van der Waals surface area contributed by atoms with E-state index in [-0.39, 0.29) is 11.8 Å². The number of carbonyl (C=O) groups excluding carboxylic acids is 1. The quantitative estimate of drug-likeness (QED) is 0.761. The molecule has 1 N–H and O–H groups in total. The Bertz CT molecular complexity index is 443. The summed E-state index contributed by atoms with van der Waals surface area (Å²) in [6.07, 6.45) is 3.64. The Hall–Kier alpha value is -1.43. The molecule has 3 heterocycles. The molecule has 0 radical (unpaired) electrons. The van der Waals surface area contributed by atoms with E-state index in [1.165, 1.54) is 0 Å². The van der Waals surface area contributed by atoms with Crippen LogP contribution in [0.2, 0.25) is 0 Å². The number of hydrogen-bond donors (Lipinski definition) is 1. The van der Waals surface area contributed by atoms with Crippen LogP contribution in [0.5, 0.6) is 0 Å². The van der Waals surface area contributed by atoms with E-state index in [9.17, 15) is 4.79 Å². The number of aromatic nitrogens is 3. The van der Waals surface area contributed by atoms with Gasteiger partial charge in [-0.2, -0.15) is 0 Å². The molecule has 1 aromatic rings. The van der Waals surface area contributed by atoms with Crippen molar-refractivity contribution in [3.8, 4) is 0 Å². The molecule has 0 saturated carbocycles. The van der Waals surface area contributed by atoms with Crippen LogP contribution < -0.4 is 5.32 Å². The van der Waals surface area contributed by atoms with Crippen LogP contribution >= 0.6 is 0 Å². The monoisotopic (exact) mass is 249 g/mol. The molecule has 1 amide bonds. The van der Waals surface area contributed by atoms with E-state index in [1.807, 2.05) is 9.47 Å². The van der Waals surface area contributed by atoms with E-state index in [0.717, 1.165) is 38.3 Å². The van der Waals surface area contributed by atoms with Crippen molar-refractivity contribution in [3.05, 3.63) is 12.2 Å². The van der Waals surface area contributed by atoms with E-state index in [1.54, 1.807) is 6.33 Å². The highest BCUT2D eigenvalue weighted by Crippen LogP contribution is 2.21. The SMILES string of the molecule is CC1CC(C(=O)N2CCn3cnnc3C2)CCN1. The topological polar surface area (TPSA) is 63.1 Å². The molecule has 2 atom stereocenters. The summed E-state index contributed by atoms with van der Waals surface area (Å²) in [5.41, 5.74) is 0. The van der Waals surface area contributed by atoms with Crippen molar-refractivity contribution in [1.29, 1.82) is 0 Å². The van der Waals surface area contributed by atoms with Crippen LogP contribution in [0.25, 0.3) is 0 Å². The van der Waals surface area contributed by atoms with E-state index < -0.39 is 0 Å². The van der Waals surface area contributed by atoms with E-state index >= 15 is 0 Å². The Morgan fingerprint density at radius 1 is 1.50 bits per heavy atom. The third-order valence-corrected chi connectivity index (χ3v) is 3.92. The van der Waals surface area contributed by atoms with Gasteiger partial charge in [-0.15, -0.1) is 10.2 Å². The van der Waals surface area contributed by atoms with Gasteiger partial charge in [0, 0.05) is 25.0 Å².